The predicted octanol–water partition coefficient (Wildman–Crippen LogP) is 4.11. The van der Waals surface area contributed by atoms with E-state index < -0.39 is 0 Å². The Bertz CT molecular complexity index is 489. The molecule has 1 aromatic carbocycles. The molecule has 0 aliphatic carbocycles. The molecule has 0 bridgehead atoms. The molecule has 1 N–H and O–H groups in total. The number of hydrogen-bond donors (Lipinski definition) is 1. The summed E-state index contributed by atoms with van der Waals surface area (Å²) in [5.41, 5.74) is 1.30. The second kappa shape index (κ2) is 6.21. The normalized spacial score (nSPS) is 12.6. The Hall–Kier alpha value is -1.06. The van der Waals surface area contributed by atoms with Crippen molar-refractivity contribution in [2.45, 2.75) is 25.8 Å². The van der Waals surface area contributed by atoms with E-state index in [0.717, 1.165) is 28.8 Å². The highest BCUT2D eigenvalue weighted by molar-refractivity contribution is 9.10. The van der Waals surface area contributed by atoms with Crippen LogP contribution >= 0.6 is 15.9 Å². The fraction of sp³-hybridized carbons (Fsp3) is 0.333. The van der Waals surface area contributed by atoms with Crippen LogP contribution in [0.4, 0.5) is 0 Å². The van der Waals surface area contributed by atoms with Crippen LogP contribution in [0.5, 0.6) is 0 Å². The molecule has 2 nitrogen and oxygen atoms in total. The number of nitrogens with one attached hydrogen (secondary N) is 1. The lowest BCUT2D eigenvalue weighted by Crippen LogP contribution is -2.18. The molecular formula is C15H18BrNO. The molecule has 18 heavy (non-hydrogen) atoms. The van der Waals surface area contributed by atoms with E-state index in [1.54, 1.807) is 0 Å². The van der Waals surface area contributed by atoms with Crippen LogP contribution in [0.15, 0.2) is 45.3 Å². The van der Waals surface area contributed by atoms with Gasteiger partial charge in [-0.05, 0) is 43.3 Å². The smallest absolute Gasteiger partial charge is 0.121 e. The van der Waals surface area contributed by atoms with Gasteiger partial charge in [0.05, 0.1) is 6.04 Å². The first-order valence-electron chi connectivity index (χ1n) is 6.23. The van der Waals surface area contributed by atoms with Crippen LogP contribution in [-0.2, 0) is 12.8 Å². The first-order chi connectivity index (χ1) is 8.72. The standard InChI is InChI=1S/C15H18BrNO/c1-3-13-8-9-15(18-13)14(17-2)10-11-4-6-12(16)7-5-11/h4-9,14,17H,3,10H2,1-2H3. The van der Waals surface area contributed by atoms with Gasteiger partial charge in [-0.15, -0.1) is 0 Å². The lowest BCUT2D eigenvalue weighted by atomic mass is 10.0. The van der Waals surface area contributed by atoms with Crippen molar-refractivity contribution < 1.29 is 4.42 Å². The van der Waals surface area contributed by atoms with E-state index in [0.29, 0.717) is 0 Å². The van der Waals surface area contributed by atoms with Gasteiger partial charge in [-0.2, -0.15) is 0 Å². The molecule has 96 valence electrons. The Labute approximate surface area is 117 Å². The Balaban J connectivity index is 2.11. The largest absolute Gasteiger partial charge is 0.464 e. The van der Waals surface area contributed by atoms with Gasteiger partial charge < -0.3 is 9.73 Å². The van der Waals surface area contributed by atoms with Gasteiger partial charge in [-0.3, -0.25) is 0 Å². The van der Waals surface area contributed by atoms with Gasteiger partial charge in [0.2, 0.25) is 0 Å². The lowest BCUT2D eigenvalue weighted by Gasteiger charge is -2.13. The zero-order chi connectivity index (χ0) is 13.0. The summed E-state index contributed by atoms with van der Waals surface area (Å²) in [6, 6.07) is 12.8. The van der Waals surface area contributed by atoms with Crippen LogP contribution in [0.25, 0.3) is 0 Å². The van der Waals surface area contributed by atoms with Crippen LogP contribution in [0.2, 0.25) is 0 Å². The number of furan rings is 1. The fourth-order valence-corrected chi connectivity index (χ4v) is 2.24. The highest BCUT2D eigenvalue weighted by Crippen LogP contribution is 2.22. The Morgan fingerprint density at radius 2 is 1.89 bits per heavy atom. The van der Waals surface area contributed by atoms with Crippen molar-refractivity contribution >= 4 is 15.9 Å². The van der Waals surface area contributed by atoms with Crippen molar-refractivity contribution in [3.05, 3.63) is 58.0 Å². The minimum absolute atomic E-state index is 0.228. The molecule has 0 radical (unpaired) electrons. The van der Waals surface area contributed by atoms with Crippen molar-refractivity contribution in [2.24, 2.45) is 0 Å². The van der Waals surface area contributed by atoms with E-state index in [4.69, 9.17) is 4.42 Å². The average Bonchev–Trinajstić information content (AvgIpc) is 2.87. The van der Waals surface area contributed by atoms with Gasteiger partial charge in [0.1, 0.15) is 11.5 Å². The summed E-state index contributed by atoms with van der Waals surface area (Å²) in [4.78, 5) is 0. The molecule has 1 atom stereocenters. The number of rotatable bonds is 5. The molecule has 2 aromatic rings. The summed E-state index contributed by atoms with van der Waals surface area (Å²) < 4.78 is 6.92. The first-order valence-corrected chi connectivity index (χ1v) is 7.02. The molecular weight excluding hydrogens is 290 g/mol. The molecule has 3 heteroatoms. The topological polar surface area (TPSA) is 25.2 Å². The number of hydrogen-bond acceptors (Lipinski definition) is 2. The van der Waals surface area contributed by atoms with Crippen molar-refractivity contribution in [3.8, 4) is 0 Å². The highest BCUT2D eigenvalue weighted by atomic mass is 79.9. The molecule has 0 amide bonds. The third kappa shape index (κ3) is 3.24. The molecule has 0 fully saturated rings. The van der Waals surface area contributed by atoms with Gasteiger partial charge in [-0.1, -0.05) is 35.0 Å². The summed E-state index contributed by atoms with van der Waals surface area (Å²) in [6.45, 7) is 2.10. The van der Waals surface area contributed by atoms with Crippen LogP contribution in [0, 0.1) is 0 Å². The molecule has 1 aromatic heterocycles. The number of aryl methyl sites for hydroxylation is 1. The summed E-state index contributed by atoms with van der Waals surface area (Å²) in [5.74, 6) is 2.05. The molecule has 1 unspecified atom stereocenters. The predicted molar refractivity (Wildman–Crippen MR) is 77.7 cm³/mol. The van der Waals surface area contributed by atoms with E-state index in [-0.39, 0.29) is 6.04 Å². The summed E-state index contributed by atoms with van der Waals surface area (Å²) in [6.07, 6.45) is 1.87. The second-order valence-corrected chi connectivity index (χ2v) is 5.25. The third-order valence-electron chi connectivity index (χ3n) is 3.08. The summed E-state index contributed by atoms with van der Waals surface area (Å²) in [5, 5.41) is 3.31. The third-order valence-corrected chi connectivity index (χ3v) is 3.60. The van der Waals surface area contributed by atoms with Crippen LogP contribution in [0.1, 0.15) is 30.0 Å². The van der Waals surface area contributed by atoms with Crippen molar-refractivity contribution in [3.63, 3.8) is 0 Å². The number of likely N-dealkylation sites (N-methyl/N-ethyl adjacent to an activating group) is 1. The molecule has 1 heterocycles. The maximum Gasteiger partial charge on any atom is 0.121 e. The second-order valence-electron chi connectivity index (χ2n) is 4.33. The van der Waals surface area contributed by atoms with Gasteiger partial charge in [0, 0.05) is 10.9 Å². The quantitative estimate of drug-likeness (QED) is 0.899. The van der Waals surface area contributed by atoms with Gasteiger partial charge in [0.15, 0.2) is 0 Å². The van der Waals surface area contributed by atoms with E-state index >= 15 is 0 Å². The highest BCUT2D eigenvalue weighted by Gasteiger charge is 2.14. The van der Waals surface area contributed by atoms with E-state index in [2.05, 4.69) is 64.6 Å². The van der Waals surface area contributed by atoms with Gasteiger partial charge in [-0.25, -0.2) is 0 Å². The zero-order valence-electron chi connectivity index (χ0n) is 10.7. The molecule has 0 aliphatic rings. The van der Waals surface area contributed by atoms with E-state index in [9.17, 15) is 0 Å². The van der Waals surface area contributed by atoms with Gasteiger partial charge >= 0.3 is 0 Å². The Kier molecular flexibility index (Phi) is 4.61. The summed E-state index contributed by atoms with van der Waals surface area (Å²) in [7, 11) is 1.97. The minimum atomic E-state index is 0.228. The number of benzene rings is 1. The maximum atomic E-state index is 5.81. The summed E-state index contributed by atoms with van der Waals surface area (Å²) >= 11 is 3.45. The minimum Gasteiger partial charge on any atom is -0.464 e. The van der Waals surface area contributed by atoms with Gasteiger partial charge in [0.25, 0.3) is 0 Å². The monoisotopic (exact) mass is 307 g/mol. The van der Waals surface area contributed by atoms with Crippen LogP contribution < -0.4 is 5.32 Å². The maximum absolute atomic E-state index is 5.81. The lowest BCUT2D eigenvalue weighted by molar-refractivity contribution is 0.407. The molecule has 0 spiro atoms. The Morgan fingerprint density at radius 3 is 2.44 bits per heavy atom. The Morgan fingerprint density at radius 1 is 1.17 bits per heavy atom. The molecule has 2 rings (SSSR count). The van der Waals surface area contributed by atoms with Crippen molar-refractivity contribution in [2.75, 3.05) is 7.05 Å². The zero-order valence-corrected chi connectivity index (χ0v) is 12.3. The van der Waals surface area contributed by atoms with Crippen molar-refractivity contribution in [1.82, 2.24) is 5.32 Å². The fourth-order valence-electron chi connectivity index (χ4n) is 1.97. The van der Waals surface area contributed by atoms with E-state index in [1.165, 1.54) is 5.56 Å². The molecule has 0 saturated heterocycles. The molecule has 0 saturated carbocycles. The molecule has 0 aliphatic heterocycles. The van der Waals surface area contributed by atoms with Crippen LogP contribution in [0.3, 0.4) is 0 Å². The SMILES string of the molecule is CCc1ccc(C(Cc2ccc(Br)cc2)NC)o1. The average molecular weight is 308 g/mol. The number of halogens is 1. The van der Waals surface area contributed by atoms with Crippen LogP contribution in [-0.4, -0.2) is 7.05 Å². The van der Waals surface area contributed by atoms with Crippen molar-refractivity contribution in [1.29, 1.82) is 0 Å². The van der Waals surface area contributed by atoms with E-state index in [1.807, 2.05) is 7.05 Å². The first kappa shape index (κ1) is 13.4.